The molecule has 7 nitrogen and oxygen atoms in total. The molecule has 2 aromatic rings. The molecule has 3 amide bonds. The predicted octanol–water partition coefficient (Wildman–Crippen LogP) is 0.476. The number of fused-ring (bicyclic) bond motifs is 1. The number of aromatic nitrogens is 2. The molecule has 8 heteroatoms. The van der Waals surface area contributed by atoms with Crippen LogP contribution in [0, 0.1) is 0 Å². The summed E-state index contributed by atoms with van der Waals surface area (Å²) < 4.78 is 1.19. The Morgan fingerprint density at radius 3 is 2.85 bits per heavy atom. The van der Waals surface area contributed by atoms with Crippen LogP contribution in [0.3, 0.4) is 0 Å². The van der Waals surface area contributed by atoms with E-state index in [2.05, 4.69) is 15.6 Å². The van der Waals surface area contributed by atoms with Crippen molar-refractivity contribution in [3.05, 3.63) is 27.6 Å². The van der Waals surface area contributed by atoms with Gasteiger partial charge in [0.25, 0.3) is 5.56 Å². The quantitative estimate of drug-likeness (QED) is 0.861. The molecule has 0 aliphatic heterocycles. The zero-order valence-corrected chi connectivity index (χ0v) is 11.9. The number of rotatable bonds is 3. The van der Waals surface area contributed by atoms with Crippen LogP contribution in [0.1, 0.15) is 11.8 Å². The summed E-state index contributed by atoms with van der Waals surface area (Å²) in [6.07, 6.45) is 2.15. The highest BCUT2D eigenvalue weighted by Gasteiger charge is 2.12. The van der Waals surface area contributed by atoms with E-state index in [4.69, 9.17) is 0 Å². The van der Waals surface area contributed by atoms with Crippen LogP contribution in [-0.2, 0) is 17.8 Å². The Bertz CT molecular complexity index is 719. The van der Waals surface area contributed by atoms with Crippen LogP contribution in [0.25, 0.3) is 10.2 Å². The number of hydrogen-bond donors (Lipinski definition) is 2. The lowest BCUT2D eigenvalue weighted by molar-refractivity contribution is -0.120. The number of nitrogens with one attached hydrogen (secondary N) is 2. The van der Waals surface area contributed by atoms with Gasteiger partial charge in [-0.15, -0.1) is 11.3 Å². The van der Waals surface area contributed by atoms with Crippen LogP contribution in [0.4, 0.5) is 4.79 Å². The fraction of sp³-hybridized carbons (Fsp3) is 0.333. The van der Waals surface area contributed by atoms with Crippen molar-refractivity contribution in [3.63, 3.8) is 0 Å². The third-order valence-electron chi connectivity index (χ3n) is 2.71. The minimum atomic E-state index is -0.610. The number of hydrogen-bond acceptors (Lipinski definition) is 5. The van der Waals surface area contributed by atoms with Crippen LogP contribution < -0.4 is 16.2 Å². The average molecular weight is 294 g/mol. The predicted molar refractivity (Wildman–Crippen MR) is 75.9 cm³/mol. The molecular weight excluding hydrogens is 280 g/mol. The van der Waals surface area contributed by atoms with Gasteiger partial charge in [0.2, 0.25) is 5.91 Å². The van der Waals surface area contributed by atoms with Gasteiger partial charge in [-0.05, 0) is 12.5 Å². The smallest absolute Gasteiger partial charge is 0.321 e. The lowest BCUT2D eigenvalue weighted by Gasteiger charge is -2.05. The van der Waals surface area contributed by atoms with Crippen molar-refractivity contribution >= 4 is 33.5 Å². The van der Waals surface area contributed by atoms with Gasteiger partial charge in [0.05, 0.1) is 11.7 Å². The van der Waals surface area contributed by atoms with Crippen molar-refractivity contribution in [1.29, 1.82) is 0 Å². The first kappa shape index (κ1) is 14.2. The molecule has 2 rings (SSSR count). The van der Waals surface area contributed by atoms with Crippen molar-refractivity contribution in [2.45, 2.75) is 19.9 Å². The van der Waals surface area contributed by atoms with Crippen LogP contribution in [0.2, 0.25) is 0 Å². The molecule has 0 aliphatic carbocycles. The van der Waals surface area contributed by atoms with Gasteiger partial charge in [-0.1, -0.05) is 6.92 Å². The van der Waals surface area contributed by atoms with E-state index in [1.54, 1.807) is 6.07 Å². The van der Waals surface area contributed by atoms with E-state index < -0.39 is 11.9 Å². The minimum Gasteiger partial charge on any atom is -0.341 e. The molecule has 2 aromatic heterocycles. The molecule has 2 heterocycles. The van der Waals surface area contributed by atoms with E-state index in [1.807, 2.05) is 6.92 Å². The molecule has 0 saturated heterocycles. The summed E-state index contributed by atoms with van der Waals surface area (Å²) in [5, 5.41) is 4.86. The van der Waals surface area contributed by atoms with E-state index in [0.717, 1.165) is 11.3 Å². The molecule has 0 radical (unpaired) electrons. The van der Waals surface area contributed by atoms with Gasteiger partial charge in [0, 0.05) is 11.9 Å². The standard InChI is InChI=1S/C12H14N4O3S/c1-3-7-4-8-10(20-7)14-6-16(11(8)18)5-9(17)15-12(19)13-2/h4,6H,3,5H2,1-2H3,(H2,13,15,17,19). The van der Waals surface area contributed by atoms with Gasteiger partial charge in [0.15, 0.2) is 0 Å². The molecule has 0 saturated carbocycles. The van der Waals surface area contributed by atoms with E-state index in [9.17, 15) is 14.4 Å². The van der Waals surface area contributed by atoms with Crippen LogP contribution in [-0.4, -0.2) is 28.5 Å². The van der Waals surface area contributed by atoms with Crippen LogP contribution >= 0.6 is 11.3 Å². The highest BCUT2D eigenvalue weighted by molar-refractivity contribution is 7.18. The topological polar surface area (TPSA) is 93.1 Å². The Balaban J connectivity index is 2.27. The van der Waals surface area contributed by atoms with Crippen molar-refractivity contribution in [3.8, 4) is 0 Å². The molecule has 106 valence electrons. The van der Waals surface area contributed by atoms with Crippen LogP contribution in [0.5, 0.6) is 0 Å². The fourth-order valence-electron chi connectivity index (χ4n) is 1.68. The summed E-state index contributed by atoms with van der Waals surface area (Å²) in [6, 6.07) is 1.18. The highest BCUT2D eigenvalue weighted by atomic mass is 32.1. The Labute approximate surface area is 118 Å². The summed E-state index contributed by atoms with van der Waals surface area (Å²) in [5.74, 6) is -0.571. The Morgan fingerprint density at radius 1 is 1.45 bits per heavy atom. The molecule has 0 spiro atoms. The molecule has 0 unspecified atom stereocenters. The summed E-state index contributed by atoms with van der Waals surface area (Å²) in [7, 11) is 1.40. The van der Waals surface area contributed by atoms with Crippen molar-refractivity contribution in [2.75, 3.05) is 7.05 Å². The minimum absolute atomic E-state index is 0.244. The Kier molecular flexibility index (Phi) is 4.14. The molecule has 2 N–H and O–H groups in total. The monoisotopic (exact) mass is 294 g/mol. The normalized spacial score (nSPS) is 10.5. The zero-order valence-electron chi connectivity index (χ0n) is 11.1. The number of carbonyl (C=O) groups excluding carboxylic acids is 2. The molecule has 20 heavy (non-hydrogen) atoms. The number of carbonyl (C=O) groups is 2. The first-order valence-corrected chi connectivity index (χ1v) is 6.86. The third-order valence-corrected chi connectivity index (χ3v) is 3.90. The van der Waals surface area contributed by atoms with E-state index >= 15 is 0 Å². The van der Waals surface area contributed by atoms with Crippen molar-refractivity contribution in [2.24, 2.45) is 0 Å². The molecule has 0 fully saturated rings. The number of amides is 3. The highest BCUT2D eigenvalue weighted by Crippen LogP contribution is 2.20. The van der Waals surface area contributed by atoms with Gasteiger partial charge in [-0.3, -0.25) is 19.5 Å². The molecule has 0 bridgehead atoms. The second-order valence-electron chi connectivity index (χ2n) is 4.09. The third kappa shape index (κ3) is 2.85. The lowest BCUT2D eigenvalue weighted by Crippen LogP contribution is -2.40. The Morgan fingerprint density at radius 2 is 2.20 bits per heavy atom. The lowest BCUT2D eigenvalue weighted by atomic mass is 10.3. The second-order valence-corrected chi connectivity index (χ2v) is 5.21. The first-order valence-electron chi connectivity index (χ1n) is 6.04. The van der Waals surface area contributed by atoms with E-state index in [-0.39, 0.29) is 12.1 Å². The van der Waals surface area contributed by atoms with Gasteiger partial charge in [0.1, 0.15) is 11.4 Å². The number of nitrogens with zero attached hydrogens (tertiary/aromatic N) is 2. The summed E-state index contributed by atoms with van der Waals surface area (Å²) in [6.45, 7) is 1.76. The van der Waals surface area contributed by atoms with Gasteiger partial charge < -0.3 is 5.32 Å². The number of urea groups is 1. The van der Waals surface area contributed by atoms with E-state index in [1.165, 1.54) is 29.3 Å². The second kappa shape index (κ2) is 5.83. The number of imide groups is 1. The van der Waals surface area contributed by atoms with Gasteiger partial charge >= 0.3 is 6.03 Å². The molecule has 0 aliphatic rings. The Hall–Kier alpha value is -2.22. The fourth-order valence-corrected chi connectivity index (χ4v) is 2.61. The first-order chi connectivity index (χ1) is 9.55. The summed E-state index contributed by atoms with van der Waals surface area (Å²) >= 11 is 1.46. The molecule has 0 aromatic carbocycles. The van der Waals surface area contributed by atoms with Gasteiger partial charge in [-0.25, -0.2) is 9.78 Å². The van der Waals surface area contributed by atoms with Crippen molar-refractivity contribution in [1.82, 2.24) is 20.2 Å². The maximum Gasteiger partial charge on any atom is 0.321 e. The number of aryl methyl sites for hydroxylation is 1. The average Bonchev–Trinajstić information content (AvgIpc) is 2.86. The molecule has 0 atom stereocenters. The maximum absolute atomic E-state index is 12.2. The van der Waals surface area contributed by atoms with E-state index in [0.29, 0.717) is 10.2 Å². The maximum atomic E-state index is 12.2. The van der Waals surface area contributed by atoms with Crippen molar-refractivity contribution < 1.29 is 9.59 Å². The largest absolute Gasteiger partial charge is 0.341 e. The molecular formula is C12H14N4O3S. The van der Waals surface area contributed by atoms with Gasteiger partial charge in [-0.2, -0.15) is 0 Å². The zero-order chi connectivity index (χ0) is 14.7. The summed E-state index contributed by atoms with van der Waals surface area (Å²) in [5.41, 5.74) is -0.280. The SMILES string of the molecule is CCc1cc2c(=O)n(CC(=O)NC(=O)NC)cnc2s1. The summed E-state index contributed by atoms with van der Waals surface area (Å²) in [4.78, 5) is 40.7. The number of thiophene rings is 1. The van der Waals surface area contributed by atoms with Crippen LogP contribution in [0.15, 0.2) is 17.2 Å².